The van der Waals surface area contributed by atoms with Crippen molar-refractivity contribution >= 4 is 29.2 Å². The van der Waals surface area contributed by atoms with Gasteiger partial charge in [0, 0.05) is 54.3 Å². The summed E-state index contributed by atoms with van der Waals surface area (Å²) < 4.78 is 0. The number of nitrogens with zero attached hydrogens (tertiary/aromatic N) is 1. The van der Waals surface area contributed by atoms with Crippen LogP contribution in [0.3, 0.4) is 0 Å². The molecule has 3 aliphatic heterocycles. The van der Waals surface area contributed by atoms with Crippen molar-refractivity contribution in [3.63, 3.8) is 0 Å². The first-order chi connectivity index (χ1) is 20.4. The lowest BCUT2D eigenvalue weighted by molar-refractivity contribution is 0.175. The molecule has 0 bridgehead atoms. The third-order valence-electron chi connectivity index (χ3n) is 9.66. The molecule has 2 unspecified atom stereocenters. The summed E-state index contributed by atoms with van der Waals surface area (Å²) >= 11 is 8.20. The number of rotatable bonds is 7. The fourth-order valence-corrected chi connectivity index (χ4v) is 8.50. The molecule has 3 heterocycles. The lowest BCUT2D eigenvalue weighted by Crippen LogP contribution is -2.46. The van der Waals surface area contributed by atoms with Crippen LogP contribution in [0.4, 0.5) is 0 Å². The highest BCUT2D eigenvalue weighted by molar-refractivity contribution is 8.26. The van der Waals surface area contributed by atoms with Crippen molar-refractivity contribution < 1.29 is 0 Å². The van der Waals surface area contributed by atoms with Gasteiger partial charge in [-0.1, -0.05) is 85.1 Å². The monoisotopic (exact) mass is 599 g/mol. The third kappa shape index (κ3) is 7.48. The number of piperidine rings is 1. The summed E-state index contributed by atoms with van der Waals surface area (Å²) in [5.41, 5.74) is 9.22. The van der Waals surface area contributed by atoms with Crippen LogP contribution in [0.25, 0.3) is 0 Å². The molecule has 2 fully saturated rings. The predicted octanol–water partition coefficient (Wildman–Crippen LogP) is 7.90. The van der Waals surface area contributed by atoms with Crippen molar-refractivity contribution in [2.75, 3.05) is 25.9 Å². The lowest BCUT2D eigenvalue weighted by Gasteiger charge is -2.49. The van der Waals surface area contributed by atoms with E-state index in [1.165, 1.54) is 53.8 Å². The molecule has 1 spiro atoms. The summed E-state index contributed by atoms with van der Waals surface area (Å²) in [4.78, 5) is 2.55. The Morgan fingerprint density at radius 2 is 1.86 bits per heavy atom. The largest absolute Gasteiger partial charge is 0.375 e. The molecular formula is C36H47BClN3S. The van der Waals surface area contributed by atoms with Crippen molar-refractivity contribution in [3.8, 4) is 0 Å². The Morgan fingerprint density at radius 3 is 2.57 bits per heavy atom. The fraction of sp³-hybridized carbons (Fsp3) is 0.444. The number of fused-ring (bicyclic) bond motifs is 3. The topological polar surface area (TPSA) is 27.3 Å². The zero-order valence-corrected chi connectivity index (χ0v) is 27.1. The molecule has 2 aromatic carbocycles. The van der Waals surface area contributed by atoms with Crippen molar-refractivity contribution in [3.05, 3.63) is 118 Å². The second-order valence-electron chi connectivity index (χ2n) is 12.4. The number of likely N-dealkylation sites (N-methyl/N-ethyl adjacent to an activating group) is 1. The molecule has 0 radical (unpaired) electrons. The third-order valence-corrected chi connectivity index (χ3v) is 11.4. The molecule has 0 aromatic heterocycles. The normalized spacial score (nSPS) is 21.6. The van der Waals surface area contributed by atoms with Gasteiger partial charge in [0.05, 0.1) is 0 Å². The highest BCUT2D eigenvalue weighted by Crippen LogP contribution is 2.51. The molecule has 2 N–H and O–H groups in total. The van der Waals surface area contributed by atoms with E-state index in [1.807, 2.05) is 18.2 Å². The zero-order chi connectivity index (χ0) is 29.5. The van der Waals surface area contributed by atoms with Gasteiger partial charge in [-0.05, 0) is 85.7 Å². The maximum atomic E-state index is 6.03. The Balaban J connectivity index is 0.000000244. The molecule has 0 saturated carbocycles. The summed E-state index contributed by atoms with van der Waals surface area (Å²) in [5.74, 6) is 1.95. The summed E-state index contributed by atoms with van der Waals surface area (Å²) in [6.07, 6.45) is 15.1. The molecule has 2 saturated heterocycles. The van der Waals surface area contributed by atoms with E-state index in [0.717, 1.165) is 43.9 Å². The van der Waals surface area contributed by atoms with Crippen LogP contribution in [0.1, 0.15) is 48.8 Å². The molecule has 2 aromatic rings. The number of hydrogen-bond donors (Lipinski definition) is 2. The van der Waals surface area contributed by atoms with E-state index in [4.69, 9.17) is 11.6 Å². The van der Waals surface area contributed by atoms with Crippen molar-refractivity contribution in [1.82, 2.24) is 15.5 Å². The summed E-state index contributed by atoms with van der Waals surface area (Å²) in [5, 5.41) is 7.70. The van der Waals surface area contributed by atoms with E-state index in [1.54, 1.807) is 11.0 Å². The van der Waals surface area contributed by atoms with Crippen LogP contribution >= 0.6 is 23.2 Å². The van der Waals surface area contributed by atoms with Crippen LogP contribution < -0.4 is 10.6 Å². The summed E-state index contributed by atoms with van der Waals surface area (Å²) in [6, 6.07) is 17.7. The first-order valence-electron chi connectivity index (χ1n) is 15.7. The molecule has 4 aliphatic rings. The van der Waals surface area contributed by atoms with Gasteiger partial charge >= 0.3 is 0 Å². The Labute approximate surface area is 263 Å². The van der Waals surface area contributed by atoms with Gasteiger partial charge in [0.1, 0.15) is 0 Å². The fourth-order valence-electron chi connectivity index (χ4n) is 6.96. The van der Waals surface area contributed by atoms with Gasteiger partial charge in [-0.2, -0.15) is 0 Å². The maximum absolute atomic E-state index is 6.03. The Morgan fingerprint density at radius 1 is 1.14 bits per heavy atom. The molecule has 3 nitrogen and oxygen atoms in total. The predicted molar refractivity (Wildman–Crippen MR) is 185 cm³/mol. The molecule has 42 heavy (non-hydrogen) atoms. The summed E-state index contributed by atoms with van der Waals surface area (Å²) in [7, 11) is 2.06. The second kappa shape index (κ2) is 14.5. The van der Waals surface area contributed by atoms with Crippen molar-refractivity contribution in [2.24, 2.45) is 5.41 Å². The summed E-state index contributed by atoms with van der Waals surface area (Å²) in [6.45, 7) is 13.9. The van der Waals surface area contributed by atoms with E-state index in [9.17, 15) is 0 Å². The number of likely N-dealkylation sites (tertiary alicyclic amines) is 1. The van der Waals surface area contributed by atoms with Gasteiger partial charge in [0.15, 0.2) is 0 Å². The van der Waals surface area contributed by atoms with Gasteiger partial charge in [-0.25, -0.2) is 11.6 Å². The minimum absolute atomic E-state index is 0.395. The van der Waals surface area contributed by atoms with Crippen molar-refractivity contribution in [1.29, 1.82) is 0 Å². The SMILES string of the molecule is C=C(CC(Cc1ccc(Cl)cc1)NC)N1CCC2(CC1)CSB(C)C1=CCCC=C12.C=CC1Cc2ccccc2CN1. The lowest BCUT2D eigenvalue weighted by atomic mass is 9.56. The molecule has 6 heteroatoms. The quantitative estimate of drug-likeness (QED) is 0.250. The minimum atomic E-state index is 0.395. The van der Waals surface area contributed by atoms with E-state index in [0.29, 0.717) is 23.5 Å². The molecule has 2 atom stereocenters. The van der Waals surface area contributed by atoms with E-state index in [2.05, 4.69) is 103 Å². The van der Waals surface area contributed by atoms with Gasteiger partial charge < -0.3 is 15.5 Å². The molecule has 6 rings (SSSR count). The highest BCUT2D eigenvalue weighted by Gasteiger charge is 2.44. The number of halogens is 1. The van der Waals surface area contributed by atoms with E-state index >= 15 is 0 Å². The average molecular weight is 600 g/mol. The Bertz CT molecular complexity index is 1290. The first-order valence-corrected chi connectivity index (χ1v) is 17.1. The molecule has 1 aliphatic carbocycles. The van der Waals surface area contributed by atoms with Crippen molar-refractivity contribution in [2.45, 2.75) is 70.4 Å². The number of benzene rings is 2. The smallest absolute Gasteiger partial charge is 0.238 e. The van der Waals surface area contributed by atoms with Crippen LogP contribution in [0.5, 0.6) is 0 Å². The maximum Gasteiger partial charge on any atom is 0.238 e. The first kappa shape index (κ1) is 31.3. The van der Waals surface area contributed by atoms with Gasteiger partial charge in [0.25, 0.3) is 0 Å². The molecule has 0 amide bonds. The highest BCUT2D eigenvalue weighted by atomic mass is 35.5. The Hall–Kier alpha value is -2.18. The molecule has 222 valence electrons. The number of hydrogen-bond acceptors (Lipinski definition) is 4. The van der Waals surface area contributed by atoms with E-state index in [-0.39, 0.29) is 0 Å². The zero-order valence-electron chi connectivity index (χ0n) is 25.5. The minimum Gasteiger partial charge on any atom is -0.375 e. The number of nitrogens with one attached hydrogen (secondary N) is 2. The van der Waals surface area contributed by atoms with Crippen LogP contribution in [-0.4, -0.2) is 48.9 Å². The number of allylic oxidation sites excluding steroid dienone is 4. The second-order valence-corrected chi connectivity index (χ2v) is 14.1. The average Bonchev–Trinajstić information content (AvgIpc) is 3.04. The van der Waals surface area contributed by atoms with Gasteiger partial charge in [0.2, 0.25) is 5.99 Å². The van der Waals surface area contributed by atoms with Crippen LogP contribution in [0.15, 0.2) is 96.7 Å². The van der Waals surface area contributed by atoms with Crippen LogP contribution in [-0.2, 0) is 19.4 Å². The van der Waals surface area contributed by atoms with E-state index < -0.39 is 0 Å². The van der Waals surface area contributed by atoms with Crippen LogP contribution in [0.2, 0.25) is 11.8 Å². The van der Waals surface area contributed by atoms with Gasteiger partial charge in [-0.3, -0.25) is 0 Å². The van der Waals surface area contributed by atoms with Gasteiger partial charge in [-0.15, -0.1) is 6.58 Å². The van der Waals surface area contributed by atoms with Crippen LogP contribution in [0, 0.1) is 5.41 Å². The Kier molecular flexibility index (Phi) is 10.8. The molecular weight excluding hydrogens is 553 g/mol. The standard InChI is InChI=1S/C25H34BClN2S.C11H13N/c1-19(16-22(28-3)17-20-8-10-21(27)11-9-20)29-14-12-25(13-15-29)18-30-26(2)24-7-5-4-6-23(24)25;1-2-11-7-9-5-3-4-6-10(9)8-12-11/h6-11,22,28H,1,4-5,12-18H2,2-3H3;2-6,11-12H,1,7-8H2.